The molecule has 0 heterocycles. The van der Waals surface area contributed by atoms with E-state index in [0.29, 0.717) is 6.42 Å². The number of allylic oxidation sites excluding steroid dienone is 3. The Morgan fingerprint density at radius 3 is 2.53 bits per heavy atom. The van der Waals surface area contributed by atoms with E-state index in [-0.39, 0.29) is 17.1 Å². The highest BCUT2D eigenvalue weighted by molar-refractivity contribution is 9.42. The van der Waals surface area contributed by atoms with Crippen LogP contribution in [0.25, 0.3) is 0 Å². The molecule has 0 fully saturated rings. The van der Waals surface area contributed by atoms with Crippen LogP contribution >= 0.6 is 47.8 Å². The summed E-state index contributed by atoms with van der Waals surface area (Å²) in [7, 11) is -3.71. The van der Waals surface area contributed by atoms with E-state index in [1.165, 1.54) is 12.2 Å². The molecule has 94 valence electrons. The van der Waals surface area contributed by atoms with Gasteiger partial charge in [0.25, 0.3) is 0 Å². The SMILES string of the molecule is O=S(=O)(C1=C/CC#CC/C(OO)=C\1)C(Br)(Br)Br. The third-order valence-corrected chi connectivity index (χ3v) is 7.18. The Morgan fingerprint density at radius 2 is 2.00 bits per heavy atom. The van der Waals surface area contributed by atoms with E-state index in [1.807, 2.05) is 0 Å². The van der Waals surface area contributed by atoms with E-state index in [2.05, 4.69) is 64.5 Å². The molecule has 1 aliphatic carbocycles. The Hall–Kier alpha value is 0.190. The first kappa shape index (κ1) is 15.2. The molecular weight excluding hydrogens is 444 g/mol. The second-order valence-corrected chi connectivity index (χ2v) is 13.4. The zero-order valence-corrected chi connectivity index (χ0v) is 13.9. The summed E-state index contributed by atoms with van der Waals surface area (Å²) in [5.74, 6) is 5.53. The van der Waals surface area contributed by atoms with Gasteiger partial charge in [0, 0.05) is 6.42 Å². The lowest BCUT2D eigenvalue weighted by molar-refractivity contribution is -0.204. The van der Waals surface area contributed by atoms with Gasteiger partial charge in [-0.25, -0.2) is 13.7 Å². The van der Waals surface area contributed by atoms with Crippen molar-refractivity contribution >= 4 is 57.6 Å². The van der Waals surface area contributed by atoms with E-state index < -0.39 is 11.3 Å². The summed E-state index contributed by atoms with van der Waals surface area (Å²) in [5.41, 5.74) is 0. The maximum atomic E-state index is 12.1. The average molecular weight is 451 g/mol. The van der Waals surface area contributed by atoms with Crippen molar-refractivity contribution in [1.29, 1.82) is 0 Å². The number of halogens is 3. The molecule has 1 N–H and O–H groups in total. The minimum atomic E-state index is -3.71. The zero-order chi connectivity index (χ0) is 13.1. The molecule has 0 aliphatic heterocycles. The molecule has 0 saturated heterocycles. The van der Waals surface area contributed by atoms with E-state index in [9.17, 15) is 8.42 Å². The molecule has 0 atom stereocenters. The Morgan fingerprint density at radius 1 is 1.35 bits per heavy atom. The number of hydrogen-bond donors (Lipinski definition) is 1. The van der Waals surface area contributed by atoms with Crippen molar-refractivity contribution < 1.29 is 18.6 Å². The van der Waals surface area contributed by atoms with Crippen LogP contribution in [0.5, 0.6) is 0 Å². The summed E-state index contributed by atoms with van der Waals surface area (Å²) in [4.78, 5) is 4.07. The summed E-state index contributed by atoms with van der Waals surface area (Å²) >= 11 is 8.88. The molecule has 1 aliphatic rings. The Bertz CT molecular complexity index is 517. The van der Waals surface area contributed by atoms with Gasteiger partial charge in [-0.15, -0.1) is 0 Å². The van der Waals surface area contributed by atoms with Crippen molar-refractivity contribution in [3.05, 3.63) is 22.8 Å². The van der Waals surface area contributed by atoms with Crippen LogP contribution in [0.1, 0.15) is 12.8 Å². The lowest BCUT2D eigenvalue weighted by Crippen LogP contribution is -2.19. The zero-order valence-electron chi connectivity index (χ0n) is 8.28. The highest BCUT2D eigenvalue weighted by Crippen LogP contribution is 2.43. The summed E-state index contributed by atoms with van der Waals surface area (Å²) in [6.45, 7) is 0. The van der Waals surface area contributed by atoms with Crippen molar-refractivity contribution in [2.75, 3.05) is 0 Å². The van der Waals surface area contributed by atoms with E-state index in [1.54, 1.807) is 0 Å². The Kier molecular flexibility index (Phi) is 5.28. The van der Waals surface area contributed by atoms with Gasteiger partial charge in [0.05, 0.1) is 11.3 Å². The molecule has 4 nitrogen and oxygen atoms in total. The monoisotopic (exact) mass is 448 g/mol. The summed E-state index contributed by atoms with van der Waals surface area (Å²) in [6.07, 6.45) is 3.15. The van der Waals surface area contributed by atoms with Crippen LogP contribution in [0.4, 0.5) is 0 Å². The molecule has 1 rings (SSSR count). The highest BCUT2D eigenvalue weighted by atomic mass is 80.0. The Labute approximate surface area is 124 Å². The number of sulfone groups is 1. The van der Waals surface area contributed by atoms with Crippen LogP contribution in [-0.2, 0) is 14.7 Å². The summed E-state index contributed by atoms with van der Waals surface area (Å²) in [5, 5.41) is 8.60. The van der Waals surface area contributed by atoms with E-state index in [4.69, 9.17) is 5.26 Å². The van der Waals surface area contributed by atoms with Crippen molar-refractivity contribution in [2.45, 2.75) is 14.3 Å². The first-order valence-corrected chi connectivity index (χ1v) is 8.14. The lowest BCUT2D eigenvalue weighted by Gasteiger charge is -2.15. The number of hydrogen-bond acceptors (Lipinski definition) is 4. The predicted octanol–water partition coefficient (Wildman–Crippen LogP) is 3.25. The molecule has 0 aromatic rings. The minimum absolute atomic E-state index is 0.00109. The molecule has 0 spiro atoms. The van der Waals surface area contributed by atoms with Crippen LogP contribution in [0.3, 0.4) is 0 Å². The summed E-state index contributed by atoms with van der Waals surface area (Å²) < 4.78 is 22.7. The molecule has 0 saturated carbocycles. The third-order valence-electron chi connectivity index (χ3n) is 1.83. The van der Waals surface area contributed by atoms with Gasteiger partial charge in [0.2, 0.25) is 11.3 Å². The number of alkyl halides is 3. The van der Waals surface area contributed by atoms with Gasteiger partial charge in [-0.3, -0.25) is 0 Å². The molecule has 0 radical (unpaired) electrons. The van der Waals surface area contributed by atoms with Crippen LogP contribution in [0.15, 0.2) is 22.8 Å². The highest BCUT2D eigenvalue weighted by Gasteiger charge is 2.38. The Balaban J connectivity index is 3.26. The predicted molar refractivity (Wildman–Crippen MR) is 75.3 cm³/mol. The quantitative estimate of drug-likeness (QED) is 0.303. The summed E-state index contributed by atoms with van der Waals surface area (Å²) in [6, 6.07) is 0. The van der Waals surface area contributed by atoms with Crippen molar-refractivity contribution in [2.24, 2.45) is 0 Å². The fourth-order valence-electron chi connectivity index (χ4n) is 1.02. The van der Waals surface area contributed by atoms with Crippen molar-refractivity contribution in [3.63, 3.8) is 0 Å². The lowest BCUT2D eigenvalue weighted by atomic mass is 10.2. The standard InChI is InChI=1S/C9H7Br3O4S/c10-9(11,12)17(14,15)8-5-3-1-2-4-7(6-8)16-13/h5-6,13H,3-4H2/b7-6+,8-5+. The van der Waals surface area contributed by atoms with Gasteiger partial charge in [-0.2, -0.15) is 0 Å². The van der Waals surface area contributed by atoms with E-state index in [0.717, 1.165) is 0 Å². The van der Waals surface area contributed by atoms with Crippen LogP contribution in [0.2, 0.25) is 0 Å². The van der Waals surface area contributed by atoms with Crippen LogP contribution < -0.4 is 0 Å². The first-order chi connectivity index (χ1) is 7.79. The van der Waals surface area contributed by atoms with Gasteiger partial charge < -0.3 is 4.89 Å². The molecule has 0 aromatic carbocycles. The maximum Gasteiger partial charge on any atom is 0.239 e. The maximum absolute atomic E-state index is 12.1. The fraction of sp³-hybridized carbons (Fsp3) is 0.333. The van der Waals surface area contributed by atoms with Gasteiger partial charge >= 0.3 is 0 Å². The number of rotatable bonds is 2. The molecule has 0 bridgehead atoms. The minimum Gasteiger partial charge on any atom is -0.344 e. The molecule has 0 unspecified atom stereocenters. The van der Waals surface area contributed by atoms with Gasteiger partial charge in [-0.1, -0.05) is 17.9 Å². The van der Waals surface area contributed by atoms with Crippen molar-refractivity contribution in [1.82, 2.24) is 0 Å². The van der Waals surface area contributed by atoms with Crippen molar-refractivity contribution in [3.8, 4) is 11.8 Å². The first-order valence-electron chi connectivity index (χ1n) is 4.28. The third kappa shape index (κ3) is 3.83. The molecule has 8 heteroatoms. The largest absolute Gasteiger partial charge is 0.344 e. The molecule has 0 amide bonds. The fourth-order valence-corrected chi connectivity index (χ4v) is 3.56. The van der Waals surface area contributed by atoms with Crippen LogP contribution in [0, 0.1) is 11.8 Å². The van der Waals surface area contributed by atoms with Gasteiger partial charge in [-0.05, 0) is 53.9 Å². The second-order valence-electron chi connectivity index (χ2n) is 2.99. The second kappa shape index (κ2) is 5.89. The average Bonchev–Trinajstić information content (AvgIpc) is 2.15. The van der Waals surface area contributed by atoms with Gasteiger partial charge in [0.15, 0.2) is 5.76 Å². The molecular formula is C9H7Br3O4S. The van der Waals surface area contributed by atoms with Gasteiger partial charge in [0.1, 0.15) is 0 Å². The normalized spacial score (nSPS) is 23.1. The van der Waals surface area contributed by atoms with E-state index >= 15 is 0 Å². The topological polar surface area (TPSA) is 63.6 Å². The smallest absolute Gasteiger partial charge is 0.239 e. The molecule has 0 aromatic heterocycles. The molecule has 17 heavy (non-hydrogen) atoms. The van der Waals surface area contributed by atoms with Crippen LogP contribution in [-0.4, -0.2) is 15.1 Å².